The Hall–Kier alpha value is -3.04. The van der Waals surface area contributed by atoms with Crippen molar-refractivity contribution in [1.29, 1.82) is 0 Å². The molecule has 1 unspecified atom stereocenters. The summed E-state index contributed by atoms with van der Waals surface area (Å²) in [6, 6.07) is 12.2. The first-order valence-corrected chi connectivity index (χ1v) is 13.1. The number of nitrogens with zero attached hydrogens (tertiary/aromatic N) is 1. The van der Waals surface area contributed by atoms with Gasteiger partial charge >= 0.3 is 0 Å². The molecule has 1 aliphatic carbocycles. The van der Waals surface area contributed by atoms with E-state index in [9.17, 15) is 17.6 Å². The molecule has 0 saturated heterocycles. The minimum atomic E-state index is -3.97. The number of thiophene rings is 1. The van der Waals surface area contributed by atoms with Crippen molar-refractivity contribution in [3.63, 3.8) is 0 Å². The van der Waals surface area contributed by atoms with Crippen LogP contribution in [0.4, 0.5) is 9.39 Å². The number of benzene rings is 2. The summed E-state index contributed by atoms with van der Waals surface area (Å²) in [7, 11) is -3.97. The van der Waals surface area contributed by atoms with E-state index in [1.54, 1.807) is 0 Å². The van der Waals surface area contributed by atoms with E-state index in [0.29, 0.717) is 10.8 Å². The van der Waals surface area contributed by atoms with E-state index in [4.69, 9.17) is 4.98 Å². The summed E-state index contributed by atoms with van der Waals surface area (Å²) in [5, 5.41) is 2.13. The molecule has 6 nitrogen and oxygen atoms in total. The molecular formula is C24H22FN3O3S2. The van der Waals surface area contributed by atoms with Crippen LogP contribution in [0.15, 0.2) is 53.4 Å². The van der Waals surface area contributed by atoms with Crippen LogP contribution in [0.5, 0.6) is 0 Å². The number of carbonyl (C=O) groups is 1. The molecule has 1 atom stereocenters. The number of hydrogen-bond acceptors (Lipinski definition) is 5. The maximum Gasteiger partial charge on any atom is 0.243 e. The molecule has 2 aromatic carbocycles. The van der Waals surface area contributed by atoms with Crippen LogP contribution in [0.1, 0.15) is 30.2 Å². The van der Waals surface area contributed by atoms with Crippen molar-refractivity contribution >= 4 is 43.1 Å². The van der Waals surface area contributed by atoms with Crippen LogP contribution >= 0.6 is 11.3 Å². The van der Waals surface area contributed by atoms with Crippen molar-refractivity contribution in [1.82, 2.24) is 9.97 Å². The number of aryl methyl sites for hydroxylation is 1. The molecule has 0 aliphatic heterocycles. The Kier molecular flexibility index (Phi) is 5.54. The highest BCUT2D eigenvalue weighted by Crippen LogP contribution is 2.44. The fourth-order valence-corrected chi connectivity index (χ4v) is 6.72. The molecule has 0 radical (unpaired) electrons. The number of amides is 1. The molecule has 2 heterocycles. The molecule has 1 amide bonds. The third-order valence-electron chi connectivity index (χ3n) is 6.01. The van der Waals surface area contributed by atoms with Crippen LogP contribution in [0.25, 0.3) is 22.4 Å². The normalized spacial score (nSPS) is 14.7. The monoisotopic (exact) mass is 483 g/mol. The second-order valence-corrected chi connectivity index (χ2v) is 11.5. The molecule has 1 aliphatic rings. The summed E-state index contributed by atoms with van der Waals surface area (Å²) in [4.78, 5) is 22.3. The number of fused-ring (bicyclic) bond motifs is 2. The van der Waals surface area contributed by atoms with Crippen molar-refractivity contribution in [3.8, 4) is 11.4 Å². The van der Waals surface area contributed by atoms with E-state index in [2.05, 4.69) is 10.3 Å². The van der Waals surface area contributed by atoms with Gasteiger partial charge in [0, 0.05) is 4.88 Å². The Morgan fingerprint density at radius 2 is 1.85 bits per heavy atom. The second-order valence-electron chi connectivity index (χ2n) is 8.15. The van der Waals surface area contributed by atoms with Crippen LogP contribution in [0.2, 0.25) is 0 Å². The van der Waals surface area contributed by atoms with Gasteiger partial charge in [-0.05, 0) is 74.6 Å². The standard InChI is InChI=1S/C24H22FN3O3S2/c1-14(33(30,31)16-12-10-15(25)11-13-16)23(29)28-24-21(17-6-2-5-9-20(17)32-24)22-26-18-7-3-4-8-19(18)27-22/h3-4,7-8,10-14H,2,5-6,9H2,1H3,(H,26,27)(H,28,29). The number of halogens is 1. The lowest BCUT2D eigenvalue weighted by Crippen LogP contribution is -2.32. The van der Waals surface area contributed by atoms with Gasteiger partial charge in [0.05, 0.1) is 21.5 Å². The lowest BCUT2D eigenvalue weighted by atomic mass is 9.95. The number of rotatable bonds is 5. The zero-order valence-corrected chi connectivity index (χ0v) is 19.5. The Morgan fingerprint density at radius 3 is 2.61 bits per heavy atom. The smallest absolute Gasteiger partial charge is 0.243 e. The number of hydrogen-bond donors (Lipinski definition) is 2. The minimum absolute atomic E-state index is 0.0884. The molecule has 170 valence electrons. The van der Waals surface area contributed by atoms with Gasteiger partial charge in [0.1, 0.15) is 21.9 Å². The van der Waals surface area contributed by atoms with Gasteiger partial charge < -0.3 is 10.3 Å². The maximum absolute atomic E-state index is 13.2. The lowest BCUT2D eigenvalue weighted by molar-refractivity contribution is -0.115. The average Bonchev–Trinajstić information content (AvgIpc) is 3.39. The van der Waals surface area contributed by atoms with Gasteiger partial charge in [-0.25, -0.2) is 17.8 Å². The molecule has 2 N–H and O–H groups in total. The number of aromatic nitrogens is 2. The first-order chi connectivity index (χ1) is 15.8. The summed E-state index contributed by atoms with van der Waals surface area (Å²) < 4.78 is 39.1. The molecule has 33 heavy (non-hydrogen) atoms. The highest BCUT2D eigenvalue weighted by molar-refractivity contribution is 7.92. The van der Waals surface area contributed by atoms with Crippen LogP contribution in [0, 0.1) is 5.82 Å². The zero-order valence-electron chi connectivity index (χ0n) is 17.9. The number of sulfone groups is 1. The van der Waals surface area contributed by atoms with Crippen molar-refractivity contribution in [2.24, 2.45) is 0 Å². The van der Waals surface area contributed by atoms with E-state index in [0.717, 1.165) is 60.0 Å². The SMILES string of the molecule is CC(C(=O)Nc1sc2c(c1-c1nc3ccccc3[nH]1)CCCC2)S(=O)(=O)c1ccc(F)cc1. The van der Waals surface area contributed by atoms with E-state index in [1.807, 2.05) is 24.3 Å². The summed E-state index contributed by atoms with van der Waals surface area (Å²) in [6.07, 6.45) is 3.94. The number of para-hydroxylation sites is 2. The molecule has 0 bridgehead atoms. The van der Waals surface area contributed by atoms with Crippen LogP contribution < -0.4 is 5.32 Å². The molecular weight excluding hydrogens is 461 g/mol. The number of H-pyrrole nitrogens is 1. The molecule has 9 heteroatoms. The Balaban J connectivity index is 1.51. The third kappa shape index (κ3) is 3.95. The molecule has 5 rings (SSSR count). The van der Waals surface area contributed by atoms with Gasteiger partial charge in [0.15, 0.2) is 9.84 Å². The molecule has 0 saturated carbocycles. The first kappa shape index (κ1) is 21.8. The quantitative estimate of drug-likeness (QED) is 0.386. The van der Waals surface area contributed by atoms with Crippen LogP contribution in [-0.2, 0) is 27.5 Å². The van der Waals surface area contributed by atoms with Gasteiger partial charge in [-0.15, -0.1) is 11.3 Å². The Labute approximate surface area is 194 Å². The molecule has 0 fully saturated rings. The van der Waals surface area contributed by atoms with Crippen LogP contribution in [0.3, 0.4) is 0 Å². The predicted molar refractivity (Wildman–Crippen MR) is 128 cm³/mol. The summed E-state index contributed by atoms with van der Waals surface area (Å²) >= 11 is 1.48. The highest BCUT2D eigenvalue weighted by Gasteiger charge is 2.32. The van der Waals surface area contributed by atoms with Crippen molar-refractivity contribution in [2.45, 2.75) is 42.8 Å². The van der Waals surface area contributed by atoms with Gasteiger partial charge in [-0.2, -0.15) is 0 Å². The maximum atomic E-state index is 13.2. The van der Waals surface area contributed by atoms with Crippen molar-refractivity contribution in [3.05, 3.63) is 64.8 Å². The second kappa shape index (κ2) is 8.39. The first-order valence-electron chi connectivity index (χ1n) is 10.7. The number of anilines is 1. The topological polar surface area (TPSA) is 91.9 Å². The molecule has 2 aromatic heterocycles. The summed E-state index contributed by atoms with van der Waals surface area (Å²) in [5.74, 6) is -0.499. The Bertz CT molecular complexity index is 1420. The summed E-state index contributed by atoms with van der Waals surface area (Å²) in [5.41, 5.74) is 3.72. The minimum Gasteiger partial charge on any atom is -0.338 e. The average molecular weight is 484 g/mol. The van der Waals surface area contributed by atoms with Gasteiger partial charge in [-0.3, -0.25) is 4.79 Å². The number of aromatic amines is 1. The van der Waals surface area contributed by atoms with Crippen molar-refractivity contribution < 1.29 is 17.6 Å². The highest BCUT2D eigenvalue weighted by atomic mass is 32.2. The molecule has 4 aromatic rings. The van der Waals surface area contributed by atoms with E-state index in [-0.39, 0.29) is 4.90 Å². The van der Waals surface area contributed by atoms with E-state index >= 15 is 0 Å². The van der Waals surface area contributed by atoms with E-state index < -0.39 is 26.8 Å². The van der Waals surface area contributed by atoms with Crippen LogP contribution in [-0.4, -0.2) is 29.5 Å². The molecule has 0 spiro atoms. The third-order valence-corrected chi connectivity index (χ3v) is 9.29. The zero-order chi connectivity index (χ0) is 23.2. The van der Waals surface area contributed by atoms with E-state index in [1.165, 1.54) is 35.3 Å². The van der Waals surface area contributed by atoms with Gasteiger partial charge in [-0.1, -0.05) is 12.1 Å². The lowest BCUT2D eigenvalue weighted by Gasteiger charge is -2.14. The fraction of sp³-hybridized carbons (Fsp3) is 0.250. The fourth-order valence-electron chi connectivity index (χ4n) is 4.16. The van der Waals surface area contributed by atoms with Crippen molar-refractivity contribution in [2.75, 3.05) is 5.32 Å². The Morgan fingerprint density at radius 1 is 1.12 bits per heavy atom. The van der Waals surface area contributed by atoms with Gasteiger partial charge in [0.25, 0.3) is 0 Å². The summed E-state index contributed by atoms with van der Waals surface area (Å²) in [6.45, 7) is 1.35. The number of nitrogens with one attached hydrogen (secondary N) is 2. The number of imidazole rings is 1. The van der Waals surface area contributed by atoms with Gasteiger partial charge in [0.2, 0.25) is 5.91 Å². The predicted octanol–water partition coefficient (Wildman–Crippen LogP) is 5.11. The largest absolute Gasteiger partial charge is 0.338 e. The number of carbonyl (C=O) groups excluding carboxylic acids is 1.